The van der Waals surface area contributed by atoms with Crippen molar-refractivity contribution in [2.45, 2.75) is 0 Å². The Morgan fingerprint density at radius 3 is 1.53 bits per heavy atom. The maximum atomic E-state index is 12.4. The first-order chi connectivity index (χ1) is 7.97. The van der Waals surface area contributed by atoms with Gasteiger partial charge in [0.15, 0.2) is 0 Å². The highest BCUT2D eigenvalue weighted by Gasteiger charge is 2.24. The molecule has 0 nitrogen and oxygen atoms in total. The zero-order chi connectivity index (χ0) is 12.5. The summed E-state index contributed by atoms with van der Waals surface area (Å²) in [6.07, 6.45) is 0. The lowest BCUT2D eigenvalue weighted by Crippen LogP contribution is -2.33. The van der Waals surface area contributed by atoms with Crippen molar-refractivity contribution >= 4 is 28.4 Å². The van der Waals surface area contributed by atoms with Crippen LogP contribution in [0.4, 0.5) is 12.9 Å². The Labute approximate surface area is 106 Å². The van der Waals surface area contributed by atoms with E-state index in [2.05, 4.69) is 15.9 Å². The zero-order valence-corrected chi connectivity index (χ0v) is 10.3. The van der Waals surface area contributed by atoms with Gasteiger partial charge in [-0.25, -0.2) is 0 Å². The minimum atomic E-state index is -4.91. The van der Waals surface area contributed by atoms with Crippen molar-refractivity contribution in [2.75, 3.05) is 0 Å². The molecular formula is C12H8BBrF3-. The Bertz CT molecular complexity index is 503. The highest BCUT2D eigenvalue weighted by Crippen LogP contribution is 2.21. The molecule has 0 saturated heterocycles. The molecule has 0 spiro atoms. The molecule has 17 heavy (non-hydrogen) atoms. The summed E-state index contributed by atoms with van der Waals surface area (Å²) in [5, 5.41) is 0. The molecule has 0 N–H and O–H groups in total. The molecule has 0 aromatic heterocycles. The van der Waals surface area contributed by atoms with Crippen LogP contribution in [0, 0.1) is 0 Å². The van der Waals surface area contributed by atoms with Crippen LogP contribution in [-0.4, -0.2) is 6.98 Å². The van der Waals surface area contributed by atoms with E-state index in [0.29, 0.717) is 0 Å². The molecule has 0 aliphatic carbocycles. The van der Waals surface area contributed by atoms with Crippen LogP contribution in [-0.2, 0) is 0 Å². The van der Waals surface area contributed by atoms with Crippen LogP contribution < -0.4 is 5.46 Å². The van der Waals surface area contributed by atoms with Gasteiger partial charge in [-0.3, -0.25) is 0 Å². The summed E-state index contributed by atoms with van der Waals surface area (Å²) in [7, 11) is 0. The SMILES string of the molecule is F[B-](F)(F)c1ccc(-c2ccc(Br)cc2)cc1. The smallest absolute Gasteiger partial charge is 0.445 e. The molecule has 0 aliphatic rings. The van der Waals surface area contributed by atoms with Gasteiger partial charge in [0.2, 0.25) is 0 Å². The molecule has 0 aliphatic heterocycles. The van der Waals surface area contributed by atoms with Gasteiger partial charge in [0, 0.05) is 4.47 Å². The molecule has 0 saturated carbocycles. The van der Waals surface area contributed by atoms with Crippen molar-refractivity contribution in [1.29, 1.82) is 0 Å². The molecule has 0 bridgehead atoms. The van der Waals surface area contributed by atoms with Crippen molar-refractivity contribution in [3.63, 3.8) is 0 Å². The fourth-order valence-corrected chi connectivity index (χ4v) is 1.80. The normalized spacial score (nSPS) is 11.5. The highest BCUT2D eigenvalue weighted by molar-refractivity contribution is 9.10. The van der Waals surface area contributed by atoms with Gasteiger partial charge in [-0.2, -0.15) is 0 Å². The molecule has 0 unspecified atom stereocenters. The predicted molar refractivity (Wildman–Crippen MR) is 68.3 cm³/mol. The molecule has 2 aromatic rings. The Morgan fingerprint density at radius 2 is 1.12 bits per heavy atom. The standard InChI is InChI=1S/C12H8BBrF3/c14-12-7-3-10(4-8-12)9-1-5-11(6-2-9)13(15,16)17/h1-8H/q-1. The Morgan fingerprint density at radius 1 is 0.706 bits per heavy atom. The molecule has 2 rings (SSSR count). The zero-order valence-electron chi connectivity index (χ0n) is 8.71. The van der Waals surface area contributed by atoms with E-state index in [4.69, 9.17) is 0 Å². The van der Waals surface area contributed by atoms with Crippen LogP contribution in [0.15, 0.2) is 53.0 Å². The van der Waals surface area contributed by atoms with Gasteiger partial charge in [-0.05, 0) is 23.3 Å². The van der Waals surface area contributed by atoms with Crippen LogP contribution in [0.1, 0.15) is 0 Å². The third kappa shape index (κ3) is 2.91. The average molecular weight is 300 g/mol. The quantitative estimate of drug-likeness (QED) is 0.730. The second-order valence-corrected chi connectivity index (χ2v) is 4.62. The molecule has 2 aromatic carbocycles. The molecule has 5 heteroatoms. The minimum Gasteiger partial charge on any atom is -0.445 e. The second-order valence-electron chi connectivity index (χ2n) is 3.70. The molecule has 0 amide bonds. The Hall–Kier alpha value is -1.23. The lowest BCUT2D eigenvalue weighted by atomic mass is 9.79. The van der Waals surface area contributed by atoms with Gasteiger partial charge in [-0.15, -0.1) is 5.46 Å². The first-order valence-corrected chi connectivity index (χ1v) is 5.82. The van der Waals surface area contributed by atoms with Gasteiger partial charge in [0.05, 0.1) is 0 Å². The van der Waals surface area contributed by atoms with Crippen LogP contribution >= 0.6 is 15.9 Å². The van der Waals surface area contributed by atoms with Gasteiger partial charge in [-0.1, -0.05) is 52.3 Å². The second kappa shape index (κ2) is 4.57. The predicted octanol–water partition coefficient (Wildman–Crippen LogP) is 4.17. The van der Waals surface area contributed by atoms with Gasteiger partial charge in [0.1, 0.15) is 0 Å². The first-order valence-electron chi connectivity index (χ1n) is 5.03. The fraction of sp³-hybridized carbons (Fsp3) is 0. The van der Waals surface area contributed by atoms with Gasteiger partial charge < -0.3 is 12.9 Å². The highest BCUT2D eigenvalue weighted by atomic mass is 79.9. The Balaban J connectivity index is 2.33. The number of rotatable bonds is 2. The first kappa shape index (κ1) is 12.2. The summed E-state index contributed by atoms with van der Waals surface area (Å²) in [5.41, 5.74) is 1.11. The lowest BCUT2D eigenvalue weighted by Gasteiger charge is -2.14. The van der Waals surface area contributed by atoms with Crippen molar-refractivity contribution < 1.29 is 12.9 Å². The monoisotopic (exact) mass is 299 g/mol. The summed E-state index contributed by atoms with van der Waals surface area (Å²) in [4.78, 5) is 0. The third-order valence-corrected chi connectivity index (χ3v) is 2.99. The summed E-state index contributed by atoms with van der Waals surface area (Å²) < 4.78 is 38.2. The van der Waals surface area contributed by atoms with Crippen molar-refractivity contribution in [3.8, 4) is 11.1 Å². The van der Waals surface area contributed by atoms with E-state index >= 15 is 0 Å². The van der Waals surface area contributed by atoms with E-state index in [1.807, 2.05) is 24.3 Å². The topological polar surface area (TPSA) is 0 Å². The molecule has 88 valence electrons. The van der Waals surface area contributed by atoms with Crippen molar-refractivity contribution in [3.05, 3.63) is 53.0 Å². The molecule has 0 atom stereocenters. The van der Waals surface area contributed by atoms with E-state index < -0.39 is 12.4 Å². The summed E-state index contributed by atoms with van der Waals surface area (Å²) in [5.74, 6) is 0. The van der Waals surface area contributed by atoms with E-state index in [1.54, 1.807) is 0 Å². The number of hydrogen-bond donors (Lipinski definition) is 0. The van der Waals surface area contributed by atoms with E-state index in [-0.39, 0.29) is 0 Å². The Kier molecular flexibility index (Phi) is 3.29. The third-order valence-electron chi connectivity index (χ3n) is 2.47. The summed E-state index contributed by atoms with van der Waals surface area (Å²) >= 11 is 3.31. The van der Waals surface area contributed by atoms with Crippen LogP contribution in [0.2, 0.25) is 0 Å². The molecule has 0 heterocycles. The molecular weight excluding hydrogens is 292 g/mol. The maximum Gasteiger partial charge on any atom is 0.509 e. The lowest BCUT2D eigenvalue weighted by molar-refractivity contribution is 0.501. The number of benzene rings is 2. The molecule has 0 fully saturated rings. The minimum absolute atomic E-state index is 0.564. The van der Waals surface area contributed by atoms with Crippen molar-refractivity contribution in [1.82, 2.24) is 0 Å². The largest absolute Gasteiger partial charge is 0.509 e. The van der Waals surface area contributed by atoms with Crippen LogP contribution in [0.3, 0.4) is 0 Å². The fourth-order valence-electron chi connectivity index (χ4n) is 1.54. The van der Waals surface area contributed by atoms with Crippen LogP contribution in [0.5, 0.6) is 0 Å². The van der Waals surface area contributed by atoms with Crippen LogP contribution in [0.25, 0.3) is 11.1 Å². The van der Waals surface area contributed by atoms with E-state index in [9.17, 15) is 12.9 Å². The average Bonchev–Trinajstić information content (AvgIpc) is 2.29. The number of halogens is 4. The summed E-state index contributed by atoms with van der Waals surface area (Å²) in [6.45, 7) is -4.91. The molecule has 0 radical (unpaired) electrons. The van der Waals surface area contributed by atoms with E-state index in [1.165, 1.54) is 12.1 Å². The van der Waals surface area contributed by atoms with E-state index in [0.717, 1.165) is 27.7 Å². The number of hydrogen-bond acceptors (Lipinski definition) is 0. The summed E-state index contributed by atoms with van der Waals surface area (Å²) in [6, 6.07) is 12.7. The maximum absolute atomic E-state index is 12.4. The van der Waals surface area contributed by atoms with Crippen molar-refractivity contribution in [2.24, 2.45) is 0 Å². The van der Waals surface area contributed by atoms with Gasteiger partial charge >= 0.3 is 6.98 Å². The van der Waals surface area contributed by atoms with Gasteiger partial charge in [0.25, 0.3) is 0 Å².